The summed E-state index contributed by atoms with van der Waals surface area (Å²) in [4.78, 5) is 18.5. The summed E-state index contributed by atoms with van der Waals surface area (Å²) in [6, 6.07) is 0. The highest BCUT2D eigenvalue weighted by Crippen LogP contribution is 2.31. The fourth-order valence-corrected chi connectivity index (χ4v) is 2.38. The van der Waals surface area contributed by atoms with Crippen LogP contribution >= 0.6 is 0 Å². The number of hydrogen-bond donors (Lipinski definition) is 0. The third-order valence-corrected chi connectivity index (χ3v) is 4.33. The van der Waals surface area contributed by atoms with Crippen molar-refractivity contribution >= 4 is 5.78 Å². The van der Waals surface area contributed by atoms with E-state index in [9.17, 15) is 4.79 Å². The second-order valence-electron chi connectivity index (χ2n) is 4.74. The van der Waals surface area contributed by atoms with Gasteiger partial charge < -0.3 is 0 Å². The molecule has 0 aromatic heterocycles. The standard InChI is InChI=1S/C12H23N3O/c1-8-11(16)12(4)14(6)9(2)13(5)10(3)15(12)7/h8-10H,1H2,2-7H3. The predicted molar refractivity (Wildman–Crippen MR) is 65.8 cm³/mol. The molecule has 0 aromatic carbocycles. The van der Waals surface area contributed by atoms with Crippen molar-refractivity contribution in [3.8, 4) is 0 Å². The smallest absolute Gasteiger partial charge is 0.189 e. The molecule has 4 heteroatoms. The molecule has 1 aliphatic heterocycles. The van der Waals surface area contributed by atoms with Gasteiger partial charge in [-0.05, 0) is 48.0 Å². The van der Waals surface area contributed by atoms with Gasteiger partial charge in [-0.3, -0.25) is 19.5 Å². The third kappa shape index (κ3) is 1.61. The van der Waals surface area contributed by atoms with Crippen molar-refractivity contribution in [1.29, 1.82) is 0 Å². The molecule has 0 saturated carbocycles. The van der Waals surface area contributed by atoms with Crippen LogP contribution in [0.25, 0.3) is 0 Å². The number of carbonyl (C=O) groups is 1. The Morgan fingerprint density at radius 1 is 1.19 bits per heavy atom. The lowest BCUT2D eigenvalue weighted by Gasteiger charge is -2.57. The van der Waals surface area contributed by atoms with E-state index in [1.165, 1.54) is 6.08 Å². The maximum Gasteiger partial charge on any atom is 0.189 e. The highest BCUT2D eigenvalue weighted by Gasteiger charge is 2.49. The van der Waals surface area contributed by atoms with Gasteiger partial charge in [0, 0.05) is 0 Å². The van der Waals surface area contributed by atoms with Crippen molar-refractivity contribution in [3.05, 3.63) is 12.7 Å². The van der Waals surface area contributed by atoms with Crippen LogP contribution in [0.2, 0.25) is 0 Å². The van der Waals surface area contributed by atoms with E-state index >= 15 is 0 Å². The maximum absolute atomic E-state index is 12.1. The van der Waals surface area contributed by atoms with Gasteiger partial charge in [0.2, 0.25) is 0 Å². The zero-order chi connectivity index (χ0) is 12.7. The molecule has 1 rings (SSSR count). The topological polar surface area (TPSA) is 26.8 Å². The van der Waals surface area contributed by atoms with Gasteiger partial charge in [0.05, 0.1) is 12.3 Å². The van der Waals surface area contributed by atoms with Crippen LogP contribution in [-0.2, 0) is 4.79 Å². The van der Waals surface area contributed by atoms with Gasteiger partial charge in [-0.2, -0.15) is 0 Å². The van der Waals surface area contributed by atoms with Crippen molar-refractivity contribution in [2.75, 3.05) is 21.1 Å². The lowest BCUT2D eigenvalue weighted by molar-refractivity contribution is -0.187. The molecule has 0 N–H and O–H groups in total. The van der Waals surface area contributed by atoms with E-state index in [0.717, 1.165) is 0 Å². The molecule has 4 nitrogen and oxygen atoms in total. The molecule has 0 aromatic rings. The van der Waals surface area contributed by atoms with E-state index in [1.54, 1.807) is 0 Å². The van der Waals surface area contributed by atoms with Crippen LogP contribution in [0, 0.1) is 0 Å². The molecule has 1 aliphatic rings. The molecular formula is C12H23N3O. The van der Waals surface area contributed by atoms with Crippen molar-refractivity contribution in [2.45, 2.75) is 38.8 Å². The molecule has 16 heavy (non-hydrogen) atoms. The van der Waals surface area contributed by atoms with Crippen LogP contribution in [0.3, 0.4) is 0 Å². The lowest BCUT2D eigenvalue weighted by Crippen LogP contribution is -2.74. The average molecular weight is 225 g/mol. The quantitative estimate of drug-likeness (QED) is 0.654. The second kappa shape index (κ2) is 4.28. The molecule has 1 fully saturated rings. The molecule has 0 amide bonds. The molecular weight excluding hydrogens is 202 g/mol. The fraction of sp³-hybridized carbons (Fsp3) is 0.750. The maximum atomic E-state index is 12.1. The summed E-state index contributed by atoms with van der Waals surface area (Å²) in [6.07, 6.45) is 1.86. The van der Waals surface area contributed by atoms with Gasteiger partial charge in [-0.25, -0.2) is 0 Å². The van der Waals surface area contributed by atoms with Crippen molar-refractivity contribution in [2.24, 2.45) is 0 Å². The summed E-state index contributed by atoms with van der Waals surface area (Å²) < 4.78 is 0. The summed E-state index contributed by atoms with van der Waals surface area (Å²) in [7, 11) is 6.02. The number of rotatable bonds is 2. The molecule has 2 atom stereocenters. The van der Waals surface area contributed by atoms with Crippen LogP contribution in [0.1, 0.15) is 20.8 Å². The first-order valence-electron chi connectivity index (χ1n) is 5.63. The lowest BCUT2D eigenvalue weighted by atomic mass is 9.99. The Kier molecular flexibility index (Phi) is 3.57. The minimum absolute atomic E-state index is 0.0456. The van der Waals surface area contributed by atoms with Crippen molar-refractivity contribution in [1.82, 2.24) is 14.7 Å². The first-order valence-corrected chi connectivity index (χ1v) is 5.63. The second-order valence-corrected chi connectivity index (χ2v) is 4.74. The Labute approximate surface area is 98.5 Å². The van der Waals surface area contributed by atoms with Crippen LogP contribution in [-0.4, -0.2) is 59.6 Å². The van der Waals surface area contributed by atoms with Gasteiger partial charge in [-0.15, -0.1) is 0 Å². The number of nitrogens with zero attached hydrogens (tertiary/aromatic N) is 3. The van der Waals surface area contributed by atoms with Crippen LogP contribution < -0.4 is 0 Å². The number of hydrogen-bond acceptors (Lipinski definition) is 4. The Morgan fingerprint density at radius 2 is 1.56 bits per heavy atom. The molecule has 2 unspecified atom stereocenters. The molecule has 92 valence electrons. The summed E-state index contributed by atoms with van der Waals surface area (Å²) in [5, 5.41) is 0. The predicted octanol–water partition coefficient (Wildman–Crippen LogP) is 0.959. The van der Waals surface area contributed by atoms with E-state index in [-0.39, 0.29) is 18.1 Å². The van der Waals surface area contributed by atoms with E-state index in [0.29, 0.717) is 0 Å². The average Bonchev–Trinajstić information content (AvgIpc) is 2.30. The third-order valence-electron chi connectivity index (χ3n) is 4.33. The Morgan fingerprint density at radius 3 is 1.88 bits per heavy atom. The zero-order valence-corrected chi connectivity index (χ0v) is 11.2. The first-order chi connectivity index (χ1) is 7.28. The van der Waals surface area contributed by atoms with Crippen LogP contribution in [0.4, 0.5) is 0 Å². The number of ketones is 1. The van der Waals surface area contributed by atoms with Crippen molar-refractivity contribution in [3.63, 3.8) is 0 Å². The minimum atomic E-state index is -0.604. The fourth-order valence-electron chi connectivity index (χ4n) is 2.38. The highest BCUT2D eigenvalue weighted by atomic mass is 16.1. The van der Waals surface area contributed by atoms with Crippen LogP contribution in [0.15, 0.2) is 12.7 Å². The first kappa shape index (κ1) is 13.4. The molecule has 0 radical (unpaired) electrons. The molecule has 0 aliphatic carbocycles. The summed E-state index contributed by atoms with van der Waals surface area (Å²) in [5.41, 5.74) is -0.604. The van der Waals surface area contributed by atoms with Gasteiger partial charge in [-0.1, -0.05) is 6.58 Å². The minimum Gasteiger partial charge on any atom is -0.291 e. The van der Waals surface area contributed by atoms with Gasteiger partial charge in [0.1, 0.15) is 5.66 Å². The zero-order valence-electron chi connectivity index (χ0n) is 11.2. The molecule has 0 bridgehead atoms. The van der Waals surface area contributed by atoms with Gasteiger partial charge in [0.25, 0.3) is 0 Å². The van der Waals surface area contributed by atoms with E-state index in [2.05, 4.69) is 42.2 Å². The SMILES string of the molecule is C=CC(=O)C1(C)N(C)C(C)N(C)C(C)N1C. The largest absolute Gasteiger partial charge is 0.291 e. The molecule has 0 spiro atoms. The summed E-state index contributed by atoms with van der Waals surface area (Å²) in [5.74, 6) is 0.0456. The Hall–Kier alpha value is -0.710. The Balaban J connectivity index is 3.17. The summed E-state index contributed by atoms with van der Waals surface area (Å²) >= 11 is 0. The molecule has 1 saturated heterocycles. The van der Waals surface area contributed by atoms with Crippen LogP contribution in [0.5, 0.6) is 0 Å². The molecule has 1 heterocycles. The monoisotopic (exact) mass is 225 g/mol. The van der Waals surface area contributed by atoms with E-state index in [4.69, 9.17) is 0 Å². The normalized spacial score (nSPS) is 38.6. The Bertz CT molecular complexity index is 287. The van der Waals surface area contributed by atoms with Gasteiger partial charge in [0.15, 0.2) is 5.78 Å². The van der Waals surface area contributed by atoms with E-state index in [1.807, 2.05) is 21.0 Å². The summed E-state index contributed by atoms with van der Waals surface area (Å²) in [6.45, 7) is 9.78. The van der Waals surface area contributed by atoms with Crippen molar-refractivity contribution < 1.29 is 4.79 Å². The number of carbonyl (C=O) groups excluding carboxylic acids is 1. The number of likely N-dealkylation sites (N-methyl/N-ethyl adjacent to an activating group) is 2. The highest BCUT2D eigenvalue weighted by molar-refractivity contribution is 5.96. The van der Waals surface area contributed by atoms with Gasteiger partial charge >= 0.3 is 0 Å². The van der Waals surface area contributed by atoms with E-state index < -0.39 is 5.66 Å².